The smallest absolute Gasteiger partial charge is 0.293 e. The summed E-state index contributed by atoms with van der Waals surface area (Å²) in [7, 11) is 0. The van der Waals surface area contributed by atoms with Gasteiger partial charge < -0.3 is 4.42 Å². The van der Waals surface area contributed by atoms with Gasteiger partial charge in [-0.25, -0.2) is 0 Å². The Morgan fingerprint density at radius 2 is 2.00 bits per heavy atom. The van der Waals surface area contributed by atoms with Crippen LogP contribution in [-0.2, 0) is 4.79 Å². The standard InChI is InChI=1S/C16H11Cl2NO4S/c1-2-3-19-15(21)12(24-16(19)22)4-8-7-23-14-10(13(8)20)5-9(17)6-11(14)18/h4-7H,2-3H2,1H3/b12-4-. The maximum atomic E-state index is 12.6. The predicted octanol–water partition coefficient (Wildman–Crippen LogP) is 4.55. The molecule has 0 N–H and O–H groups in total. The second-order valence-corrected chi connectivity index (χ2v) is 6.95. The number of benzene rings is 1. The summed E-state index contributed by atoms with van der Waals surface area (Å²) in [6, 6.07) is 2.93. The Morgan fingerprint density at radius 1 is 1.25 bits per heavy atom. The first kappa shape index (κ1) is 17.1. The summed E-state index contributed by atoms with van der Waals surface area (Å²) < 4.78 is 5.40. The van der Waals surface area contributed by atoms with Crippen molar-refractivity contribution in [1.82, 2.24) is 4.90 Å². The number of halogens is 2. The molecule has 24 heavy (non-hydrogen) atoms. The van der Waals surface area contributed by atoms with Gasteiger partial charge in [-0.3, -0.25) is 19.3 Å². The molecule has 0 radical (unpaired) electrons. The highest BCUT2D eigenvalue weighted by Gasteiger charge is 2.34. The van der Waals surface area contributed by atoms with Crippen molar-refractivity contribution in [2.24, 2.45) is 0 Å². The molecule has 0 saturated carbocycles. The molecular formula is C16H11Cl2NO4S. The Hall–Kier alpha value is -1.76. The lowest BCUT2D eigenvalue weighted by Gasteiger charge is -2.09. The first-order chi connectivity index (χ1) is 11.4. The van der Waals surface area contributed by atoms with Gasteiger partial charge in [-0.05, 0) is 36.4 Å². The monoisotopic (exact) mass is 383 g/mol. The SMILES string of the molecule is CCCN1C(=O)S/C(=C\c2coc3c(Cl)cc(Cl)cc3c2=O)C1=O. The summed E-state index contributed by atoms with van der Waals surface area (Å²) in [5.41, 5.74) is 0.00748. The highest BCUT2D eigenvalue weighted by Crippen LogP contribution is 2.32. The van der Waals surface area contributed by atoms with Gasteiger partial charge in [0.15, 0.2) is 11.0 Å². The van der Waals surface area contributed by atoms with Crippen LogP contribution in [0.5, 0.6) is 0 Å². The van der Waals surface area contributed by atoms with Gasteiger partial charge >= 0.3 is 0 Å². The number of hydrogen-bond donors (Lipinski definition) is 0. The molecule has 2 aromatic rings. The van der Waals surface area contributed by atoms with Crippen LogP contribution in [0.2, 0.25) is 10.0 Å². The number of carbonyl (C=O) groups is 2. The molecule has 1 aliphatic rings. The Balaban J connectivity index is 2.08. The van der Waals surface area contributed by atoms with Gasteiger partial charge in [0, 0.05) is 11.6 Å². The van der Waals surface area contributed by atoms with E-state index < -0.39 is 5.91 Å². The molecule has 2 amide bonds. The molecule has 0 aliphatic carbocycles. The summed E-state index contributed by atoms with van der Waals surface area (Å²) in [4.78, 5) is 38.0. The van der Waals surface area contributed by atoms with Crippen LogP contribution in [-0.4, -0.2) is 22.6 Å². The van der Waals surface area contributed by atoms with E-state index in [2.05, 4.69) is 0 Å². The largest absolute Gasteiger partial charge is 0.462 e. The highest BCUT2D eigenvalue weighted by molar-refractivity contribution is 8.18. The third-order valence-corrected chi connectivity index (χ3v) is 4.83. The molecule has 0 atom stereocenters. The molecule has 1 aromatic heterocycles. The second kappa shape index (κ2) is 6.63. The van der Waals surface area contributed by atoms with Gasteiger partial charge in [-0.2, -0.15) is 0 Å². The van der Waals surface area contributed by atoms with E-state index in [1.54, 1.807) is 0 Å². The van der Waals surface area contributed by atoms with Crippen LogP contribution in [0.3, 0.4) is 0 Å². The van der Waals surface area contributed by atoms with E-state index in [1.807, 2.05) is 6.92 Å². The first-order valence-electron chi connectivity index (χ1n) is 7.08. The van der Waals surface area contributed by atoms with E-state index in [4.69, 9.17) is 27.6 Å². The topological polar surface area (TPSA) is 67.6 Å². The summed E-state index contributed by atoms with van der Waals surface area (Å²) in [6.07, 6.45) is 3.25. The van der Waals surface area contributed by atoms with E-state index in [1.165, 1.54) is 24.5 Å². The predicted molar refractivity (Wildman–Crippen MR) is 95.5 cm³/mol. The first-order valence-corrected chi connectivity index (χ1v) is 8.65. The summed E-state index contributed by atoms with van der Waals surface area (Å²) >= 11 is 12.7. The number of carbonyl (C=O) groups excluding carboxylic acids is 2. The number of hydrogen-bond acceptors (Lipinski definition) is 5. The molecule has 1 saturated heterocycles. The van der Waals surface area contributed by atoms with E-state index >= 15 is 0 Å². The quantitative estimate of drug-likeness (QED) is 0.727. The van der Waals surface area contributed by atoms with Crippen LogP contribution in [0, 0.1) is 0 Å². The Bertz CT molecular complexity index is 951. The molecule has 0 unspecified atom stereocenters. The van der Waals surface area contributed by atoms with Gasteiger partial charge in [-0.15, -0.1) is 0 Å². The van der Waals surface area contributed by atoms with Gasteiger partial charge in [0.25, 0.3) is 11.1 Å². The minimum absolute atomic E-state index is 0.155. The molecule has 1 aliphatic heterocycles. The fourth-order valence-electron chi connectivity index (χ4n) is 2.34. The molecule has 5 nitrogen and oxygen atoms in total. The molecule has 1 fully saturated rings. The fourth-order valence-corrected chi connectivity index (χ4v) is 3.73. The molecule has 2 heterocycles. The lowest BCUT2D eigenvalue weighted by Crippen LogP contribution is -2.28. The minimum atomic E-state index is -0.407. The zero-order chi connectivity index (χ0) is 17.4. The van der Waals surface area contributed by atoms with Crippen molar-refractivity contribution >= 4 is 63.2 Å². The summed E-state index contributed by atoms with van der Waals surface area (Å²) in [6.45, 7) is 2.22. The average molecular weight is 384 g/mol. The fraction of sp³-hybridized carbons (Fsp3) is 0.188. The molecular weight excluding hydrogens is 373 g/mol. The molecule has 3 rings (SSSR count). The Kier molecular flexibility index (Phi) is 4.71. The van der Waals surface area contributed by atoms with E-state index in [0.717, 1.165) is 16.7 Å². The molecule has 0 spiro atoms. The van der Waals surface area contributed by atoms with Crippen molar-refractivity contribution < 1.29 is 14.0 Å². The summed E-state index contributed by atoms with van der Waals surface area (Å²) in [5.74, 6) is -0.407. The zero-order valence-electron chi connectivity index (χ0n) is 12.5. The number of amides is 2. The van der Waals surface area contributed by atoms with Gasteiger partial charge in [-0.1, -0.05) is 30.1 Å². The van der Waals surface area contributed by atoms with E-state index in [9.17, 15) is 14.4 Å². The second-order valence-electron chi connectivity index (χ2n) is 5.12. The van der Waals surface area contributed by atoms with Crippen LogP contribution in [0.4, 0.5) is 4.79 Å². The number of nitrogens with zero attached hydrogens (tertiary/aromatic N) is 1. The van der Waals surface area contributed by atoms with E-state index in [-0.39, 0.29) is 37.1 Å². The number of fused-ring (bicyclic) bond motifs is 1. The van der Waals surface area contributed by atoms with E-state index in [0.29, 0.717) is 18.0 Å². The van der Waals surface area contributed by atoms with Crippen LogP contribution in [0.15, 0.2) is 32.5 Å². The van der Waals surface area contributed by atoms with Crippen molar-refractivity contribution in [3.8, 4) is 0 Å². The zero-order valence-corrected chi connectivity index (χ0v) is 14.8. The maximum Gasteiger partial charge on any atom is 0.293 e. The maximum absolute atomic E-state index is 12.6. The van der Waals surface area contributed by atoms with Crippen molar-refractivity contribution in [3.05, 3.63) is 49.1 Å². The van der Waals surface area contributed by atoms with Crippen molar-refractivity contribution in [2.75, 3.05) is 6.54 Å². The van der Waals surface area contributed by atoms with Crippen LogP contribution in [0.25, 0.3) is 17.0 Å². The number of thioether (sulfide) groups is 1. The highest BCUT2D eigenvalue weighted by atomic mass is 35.5. The molecule has 1 aromatic carbocycles. The molecule has 0 bridgehead atoms. The third kappa shape index (κ3) is 2.97. The number of rotatable bonds is 3. The molecule has 8 heteroatoms. The van der Waals surface area contributed by atoms with Crippen molar-refractivity contribution in [3.63, 3.8) is 0 Å². The average Bonchev–Trinajstić information content (AvgIpc) is 2.78. The Labute approximate surface area is 151 Å². The van der Waals surface area contributed by atoms with Gasteiger partial charge in [0.1, 0.15) is 6.26 Å². The van der Waals surface area contributed by atoms with Gasteiger partial charge in [0.2, 0.25) is 0 Å². The Morgan fingerprint density at radius 3 is 2.71 bits per heavy atom. The number of imide groups is 1. The molecule has 124 valence electrons. The van der Waals surface area contributed by atoms with Crippen LogP contribution in [0.1, 0.15) is 18.9 Å². The normalized spacial score (nSPS) is 16.6. The van der Waals surface area contributed by atoms with Gasteiger partial charge in [0.05, 0.1) is 20.9 Å². The van der Waals surface area contributed by atoms with Crippen molar-refractivity contribution in [2.45, 2.75) is 13.3 Å². The van der Waals surface area contributed by atoms with Crippen LogP contribution >= 0.6 is 35.0 Å². The van der Waals surface area contributed by atoms with Crippen molar-refractivity contribution in [1.29, 1.82) is 0 Å². The van der Waals surface area contributed by atoms with Crippen LogP contribution < -0.4 is 5.43 Å². The third-order valence-electron chi connectivity index (χ3n) is 3.43. The lowest BCUT2D eigenvalue weighted by atomic mass is 10.1. The minimum Gasteiger partial charge on any atom is -0.462 e. The lowest BCUT2D eigenvalue weighted by molar-refractivity contribution is -0.122. The summed E-state index contributed by atoms with van der Waals surface area (Å²) in [5, 5.41) is 0.406.